The van der Waals surface area contributed by atoms with E-state index in [0.717, 1.165) is 16.9 Å². The van der Waals surface area contributed by atoms with Crippen LogP contribution in [0.5, 0.6) is 5.75 Å². The predicted octanol–water partition coefficient (Wildman–Crippen LogP) is 3.35. The molecule has 1 rings (SSSR count). The standard InChI is InChI=1S/C15H18O2/c1-5-7-12-9-14(11(3)16)10-13(8-6-2)15(12)17-4/h5-6,9-10H,1-2,7-8H2,3-4H3. The van der Waals surface area contributed by atoms with E-state index < -0.39 is 0 Å². The van der Waals surface area contributed by atoms with Gasteiger partial charge >= 0.3 is 0 Å². The largest absolute Gasteiger partial charge is 0.496 e. The first-order valence-corrected chi connectivity index (χ1v) is 5.56. The number of hydrogen-bond acceptors (Lipinski definition) is 2. The number of ketones is 1. The van der Waals surface area contributed by atoms with E-state index in [4.69, 9.17) is 4.74 Å². The molecule has 0 heterocycles. The van der Waals surface area contributed by atoms with Crippen LogP contribution in [-0.2, 0) is 12.8 Å². The fourth-order valence-corrected chi connectivity index (χ4v) is 1.83. The first-order valence-electron chi connectivity index (χ1n) is 5.56. The average Bonchev–Trinajstić information content (AvgIpc) is 2.29. The molecule has 0 fully saturated rings. The molecule has 0 aliphatic rings. The second-order valence-electron chi connectivity index (χ2n) is 3.87. The molecule has 0 spiro atoms. The molecule has 0 saturated heterocycles. The molecule has 2 nitrogen and oxygen atoms in total. The normalized spacial score (nSPS) is 9.76. The smallest absolute Gasteiger partial charge is 0.159 e. The minimum atomic E-state index is 0.0586. The summed E-state index contributed by atoms with van der Waals surface area (Å²) in [6.07, 6.45) is 4.99. The summed E-state index contributed by atoms with van der Waals surface area (Å²) in [4.78, 5) is 11.5. The number of ether oxygens (including phenoxy) is 1. The van der Waals surface area contributed by atoms with Gasteiger partial charge in [-0.1, -0.05) is 12.2 Å². The monoisotopic (exact) mass is 230 g/mol. The zero-order valence-electron chi connectivity index (χ0n) is 10.5. The van der Waals surface area contributed by atoms with Crippen LogP contribution in [-0.4, -0.2) is 12.9 Å². The fourth-order valence-electron chi connectivity index (χ4n) is 1.83. The van der Waals surface area contributed by atoms with E-state index in [1.807, 2.05) is 12.1 Å². The van der Waals surface area contributed by atoms with Gasteiger partial charge in [-0.3, -0.25) is 4.79 Å². The number of benzene rings is 1. The molecular formula is C15H18O2. The van der Waals surface area contributed by atoms with Crippen LogP contribution in [0.3, 0.4) is 0 Å². The van der Waals surface area contributed by atoms with E-state index in [1.165, 1.54) is 0 Å². The van der Waals surface area contributed by atoms with Crippen molar-refractivity contribution in [3.63, 3.8) is 0 Å². The highest BCUT2D eigenvalue weighted by Gasteiger charge is 2.11. The van der Waals surface area contributed by atoms with Crippen LogP contribution in [0.25, 0.3) is 0 Å². The molecule has 0 saturated carbocycles. The molecule has 0 radical (unpaired) electrons. The quantitative estimate of drug-likeness (QED) is 0.553. The van der Waals surface area contributed by atoms with Crippen molar-refractivity contribution in [3.8, 4) is 5.75 Å². The van der Waals surface area contributed by atoms with Gasteiger partial charge in [-0.05, 0) is 43.0 Å². The minimum Gasteiger partial charge on any atom is -0.496 e. The van der Waals surface area contributed by atoms with Gasteiger partial charge in [0.2, 0.25) is 0 Å². The van der Waals surface area contributed by atoms with Crippen molar-refractivity contribution in [3.05, 3.63) is 54.1 Å². The summed E-state index contributed by atoms with van der Waals surface area (Å²) in [5.74, 6) is 0.887. The zero-order valence-corrected chi connectivity index (χ0v) is 10.5. The van der Waals surface area contributed by atoms with Crippen molar-refractivity contribution in [1.29, 1.82) is 0 Å². The third-order valence-corrected chi connectivity index (χ3v) is 2.58. The van der Waals surface area contributed by atoms with Crippen LogP contribution in [0.2, 0.25) is 0 Å². The molecule has 0 N–H and O–H groups in total. The Bertz CT molecular complexity index is 413. The maximum Gasteiger partial charge on any atom is 0.159 e. The lowest BCUT2D eigenvalue weighted by Crippen LogP contribution is -2.02. The molecular weight excluding hydrogens is 212 g/mol. The Morgan fingerprint density at radius 3 is 2.00 bits per heavy atom. The molecule has 0 amide bonds. The summed E-state index contributed by atoms with van der Waals surface area (Å²) in [5.41, 5.74) is 2.69. The molecule has 1 aromatic rings. The van der Waals surface area contributed by atoms with Gasteiger partial charge < -0.3 is 4.74 Å². The average molecular weight is 230 g/mol. The third kappa shape index (κ3) is 3.06. The topological polar surface area (TPSA) is 26.3 Å². The van der Waals surface area contributed by atoms with Crippen molar-refractivity contribution < 1.29 is 9.53 Å². The van der Waals surface area contributed by atoms with E-state index in [9.17, 15) is 4.79 Å². The Labute approximate surface area is 103 Å². The van der Waals surface area contributed by atoms with Crippen molar-refractivity contribution >= 4 is 5.78 Å². The van der Waals surface area contributed by atoms with Gasteiger partial charge in [-0.2, -0.15) is 0 Å². The van der Waals surface area contributed by atoms with E-state index in [2.05, 4.69) is 13.2 Å². The van der Waals surface area contributed by atoms with Crippen molar-refractivity contribution in [1.82, 2.24) is 0 Å². The number of allylic oxidation sites excluding steroid dienone is 2. The lowest BCUT2D eigenvalue weighted by molar-refractivity contribution is 0.101. The van der Waals surface area contributed by atoms with Gasteiger partial charge in [0.05, 0.1) is 7.11 Å². The third-order valence-electron chi connectivity index (χ3n) is 2.58. The van der Waals surface area contributed by atoms with Crippen LogP contribution in [0.15, 0.2) is 37.4 Å². The molecule has 0 atom stereocenters. The number of carbonyl (C=O) groups is 1. The van der Waals surface area contributed by atoms with E-state index in [-0.39, 0.29) is 5.78 Å². The maximum absolute atomic E-state index is 11.5. The predicted molar refractivity (Wildman–Crippen MR) is 70.8 cm³/mol. The molecule has 0 aliphatic heterocycles. The molecule has 2 heteroatoms. The highest BCUT2D eigenvalue weighted by atomic mass is 16.5. The summed E-state index contributed by atoms with van der Waals surface area (Å²) in [5, 5.41) is 0. The summed E-state index contributed by atoms with van der Waals surface area (Å²) in [7, 11) is 1.64. The van der Waals surface area contributed by atoms with Gasteiger partial charge in [-0.15, -0.1) is 13.2 Å². The molecule has 0 unspecified atom stereocenters. The molecule has 17 heavy (non-hydrogen) atoms. The lowest BCUT2D eigenvalue weighted by atomic mass is 9.98. The number of hydrogen-bond donors (Lipinski definition) is 0. The molecule has 1 aromatic carbocycles. The van der Waals surface area contributed by atoms with Crippen LogP contribution in [0, 0.1) is 0 Å². The van der Waals surface area contributed by atoms with Crippen LogP contribution >= 0.6 is 0 Å². The number of methoxy groups -OCH3 is 1. The summed E-state index contributed by atoms with van der Waals surface area (Å²) < 4.78 is 5.41. The molecule has 0 bridgehead atoms. The Kier molecular flexibility index (Phi) is 4.70. The van der Waals surface area contributed by atoms with Gasteiger partial charge in [0.15, 0.2) is 5.78 Å². The molecule has 0 aliphatic carbocycles. The van der Waals surface area contributed by atoms with Crippen molar-refractivity contribution in [2.24, 2.45) is 0 Å². The number of carbonyl (C=O) groups excluding carboxylic acids is 1. The Morgan fingerprint density at radius 2 is 1.71 bits per heavy atom. The van der Waals surface area contributed by atoms with Crippen molar-refractivity contribution in [2.45, 2.75) is 19.8 Å². The van der Waals surface area contributed by atoms with Crippen LogP contribution in [0.4, 0.5) is 0 Å². The summed E-state index contributed by atoms with van der Waals surface area (Å²) in [6, 6.07) is 3.74. The van der Waals surface area contributed by atoms with E-state index >= 15 is 0 Å². The summed E-state index contributed by atoms with van der Waals surface area (Å²) >= 11 is 0. The van der Waals surface area contributed by atoms with Gasteiger partial charge in [0.1, 0.15) is 5.75 Å². The van der Waals surface area contributed by atoms with E-state index in [1.54, 1.807) is 26.2 Å². The second-order valence-corrected chi connectivity index (χ2v) is 3.87. The molecule has 0 aromatic heterocycles. The summed E-state index contributed by atoms with van der Waals surface area (Å²) in [6.45, 7) is 9.01. The number of rotatable bonds is 6. The van der Waals surface area contributed by atoms with Crippen molar-refractivity contribution in [2.75, 3.05) is 7.11 Å². The maximum atomic E-state index is 11.5. The SMILES string of the molecule is C=CCc1cc(C(C)=O)cc(CC=C)c1OC. The van der Waals surface area contributed by atoms with Gasteiger partial charge in [-0.25, -0.2) is 0 Å². The molecule has 90 valence electrons. The fraction of sp³-hybridized carbons (Fsp3) is 0.267. The van der Waals surface area contributed by atoms with E-state index in [0.29, 0.717) is 18.4 Å². The second kappa shape index (κ2) is 6.04. The van der Waals surface area contributed by atoms with Gasteiger partial charge in [0.25, 0.3) is 0 Å². The lowest BCUT2D eigenvalue weighted by Gasteiger charge is -2.13. The number of Topliss-reactive ketones (excluding diaryl/α,β-unsaturated/α-hetero) is 1. The Hall–Kier alpha value is -1.83. The Morgan fingerprint density at radius 1 is 1.24 bits per heavy atom. The highest BCUT2D eigenvalue weighted by Crippen LogP contribution is 2.27. The van der Waals surface area contributed by atoms with Crippen LogP contribution in [0.1, 0.15) is 28.4 Å². The first-order chi connectivity index (χ1) is 8.13. The van der Waals surface area contributed by atoms with Crippen LogP contribution < -0.4 is 4.74 Å². The minimum absolute atomic E-state index is 0.0586. The zero-order chi connectivity index (χ0) is 12.8. The first kappa shape index (κ1) is 13.2. The Balaban J connectivity index is 3.38. The van der Waals surface area contributed by atoms with Gasteiger partial charge in [0, 0.05) is 5.56 Å². The highest BCUT2D eigenvalue weighted by molar-refractivity contribution is 5.94.